The standard InChI is InChI=1S/C27H22F2N6O3.2H2/c1-30-26(36)22-13-18(8-9-31-22)38-17-5-6-23-20(12-17)33-27(35(23)2)34-21-11-16(10-19(28)25(21)37-3)15-4-7-24(29)32-14-15;;/h4-14H,1-3H3,(H,30,36)(H,33,34);2*1H. The second kappa shape index (κ2) is 10.1. The monoisotopic (exact) mass is 520 g/mol. The molecular formula is C27H26F2N6O3. The highest BCUT2D eigenvalue weighted by atomic mass is 19.1. The Bertz CT molecular complexity index is 1660. The van der Waals surface area contributed by atoms with Crippen LogP contribution in [0.15, 0.2) is 67.0 Å². The molecule has 3 heterocycles. The molecule has 0 saturated carbocycles. The Morgan fingerprint density at radius 3 is 2.55 bits per heavy atom. The number of aryl methyl sites for hydroxylation is 1. The number of nitrogens with one attached hydrogen (secondary N) is 2. The topological polar surface area (TPSA) is 103 Å². The van der Waals surface area contributed by atoms with E-state index >= 15 is 0 Å². The van der Waals surface area contributed by atoms with Gasteiger partial charge in [-0.15, -0.1) is 0 Å². The fraction of sp³-hybridized carbons (Fsp3) is 0.111. The molecule has 38 heavy (non-hydrogen) atoms. The summed E-state index contributed by atoms with van der Waals surface area (Å²) in [4.78, 5) is 24.2. The van der Waals surface area contributed by atoms with Crippen LogP contribution < -0.4 is 20.1 Å². The van der Waals surface area contributed by atoms with Crippen molar-refractivity contribution < 1.29 is 25.9 Å². The van der Waals surface area contributed by atoms with Crippen LogP contribution in [0.4, 0.5) is 20.4 Å². The van der Waals surface area contributed by atoms with Crippen LogP contribution in [0, 0.1) is 11.8 Å². The number of carbonyl (C=O) groups excluding carboxylic acids is 1. The van der Waals surface area contributed by atoms with E-state index in [2.05, 4.69) is 25.6 Å². The van der Waals surface area contributed by atoms with Gasteiger partial charge in [-0.25, -0.2) is 14.4 Å². The van der Waals surface area contributed by atoms with E-state index in [1.807, 2.05) is 13.1 Å². The molecule has 11 heteroatoms. The second-order valence-electron chi connectivity index (χ2n) is 8.24. The van der Waals surface area contributed by atoms with Gasteiger partial charge >= 0.3 is 0 Å². The predicted molar refractivity (Wildman–Crippen MR) is 142 cm³/mol. The van der Waals surface area contributed by atoms with Crippen LogP contribution in [0.1, 0.15) is 13.3 Å². The molecule has 9 nitrogen and oxygen atoms in total. The maximum atomic E-state index is 14.9. The number of pyridine rings is 2. The number of methoxy groups -OCH3 is 1. The molecule has 196 valence electrons. The molecule has 2 aromatic carbocycles. The van der Waals surface area contributed by atoms with Gasteiger partial charge in [0.05, 0.1) is 23.8 Å². The third kappa shape index (κ3) is 4.81. The first-order valence-electron chi connectivity index (χ1n) is 11.4. The van der Waals surface area contributed by atoms with Crippen LogP contribution >= 0.6 is 0 Å². The van der Waals surface area contributed by atoms with E-state index < -0.39 is 11.8 Å². The van der Waals surface area contributed by atoms with Crippen molar-refractivity contribution in [3.8, 4) is 28.4 Å². The number of fused-ring (bicyclic) bond motifs is 1. The predicted octanol–water partition coefficient (Wildman–Crippen LogP) is 5.70. The van der Waals surface area contributed by atoms with Gasteiger partial charge in [-0.3, -0.25) is 9.78 Å². The second-order valence-corrected chi connectivity index (χ2v) is 8.24. The number of amides is 1. The number of aromatic nitrogens is 4. The maximum Gasteiger partial charge on any atom is 0.269 e. The average molecular weight is 521 g/mol. The minimum Gasteiger partial charge on any atom is -0.492 e. The summed E-state index contributed by atoms with van der Waals surface area (Å²) >= 11 is 0. The van der Waals surface area contributed by atoms with Crippen molar-refractivity contribution in [2.24, 2.45) is 7.05 Å². The largest absolute Gasteiger partial charge is 0.492 e. The Morgan fingerprint density at radius 2 is 1.82 bits per heavy atom. The lowest BCUT2D eigenvalue weighted by Gasteiger charge is -2.14. The number of carbonyl (C=O) groups is 1. The molecule has 0 atom stereocenters. The van der Waals surface area contributed by atoms with Crippen LogP contribution in [-0.2, 0) is 7.05 Å². The first-order chi connectivity index (χ1) is 18.4. The number of rotatable bonds is 7. The van der Waals surface area contributed by atoms with E-state index in [0.717, 1.165) is 5.52 Å². The number of nitrogens with zero attached hydrogens (tertiary/aromatic N) is 4. The molecule has 0 aliphatic heterocycles. The number of anilines is 2. The fourth-order valence-corrected chi connectivity index (χ4v) is 3.95. The van der Waals surface area contributed by atoms with Gasteiger partial charge in [0.15, 0.2) is 11.6 Å². The molecule has 0 spiro atoms. The number of hydrogen-bond donors (Lipinski definition) is 2. The molecule has 0 saturated heterocycles. The van der Waals surface area contributed by atoms with Crippen LogP contribution in [0.2, 0.25) is 0 Å². The maximum absolute atomic E-state index is 14.9. The van der Waals surface area contributed by atoms with E-state index in [0.29, 0.717) is 39.8 Å². The average Bonchev–Trinajstić information content (AvgIpc) is 3.22. The smallest absolute Gasteiger partial charge is 0.269 e. The van der Waals surface area contributed by atoms with E-state index in [-0.39, 0.29) is 20.2 Å². The molecular weight excluding hydrogens is 494 g/mol. The highest BCUT2D eigenvalue weighted by Gasteiger charge is 2.17. The van der Waals surface area contributed by atoms with Crippen LogP contribution in [-0.4, -0.2) is 39.6 Å². The Balaban J connectivity index is 0.00000220. The Labute approximate surface area is 219 Å². The normalized spacial score (nSPS) is 10.9. The van der Waals surface area contributed by atoms with Crippen molar-refractivity contribution in [1.82, 2.24) is 24.8 Å². The van der Waals surface area contributed by atoms with Gasteiger partial charge in [-0.2, -0.15) is 4.39 Å². The van der Waals surface area contributed by atoms with Gasteiger partial charge in [-0.1, -0.05) is 0 Å². The van der Waals surface area contributed by atoms with Gasteiger partial charge in [-0.05, 0) is 48.0 Å². The SMILES string of the molecule is CNC(=O)c1cc(Oc2ccc3c(c2)nc(Nc2cc(-c4ccc(F)nc4)cc(F)c2OC)n3C)ccn1.[HH].[HH]. The summed E-state index contributed by atoms with van der Waals surface area (Å²) in [5, 5.41) is 5.66. The highest BCUT2D eigenvalue weighted by molar-refractivity contribution is 5.92. The lowest BCUT2D eigenvalue weighted by Crippen LogP contribution is -2.18. The highest BCUT2D eigenvalue weighted by Crippen LogP contribution is 2.36. The molecule has 0 unspecified atom stereocenters. The van der Waals surface area contributed by atoms with Gasteiger partial charge in [0.25, 0.3) is 5.91 Å². The van der Waals surface area contributed by atoms with E-state index in [1.54, 1.807) is 34.9 Å². The van der Waals surface area contributed by atoms with Crippen molar-refractivity contribution >= 4 is 28.6 Å². The summed E-state index contributed by atoms with van der Waals surface area (Å²) in [5.74, 6) is -0.164. The van der Waals surface area contributed by atoms with Crippen molar-refractivity contribution in [3.05, 3.63) is 84.4 Å². The zero-order valence-electron chi connectivity index (χ0n) is 20.6. The summed E-state index contributed by atoms with van der Waals surface area (Å²) < 4.78 is 41.2. The molecule has 0 aliphatic rings. The van der Waals surface area contributed by atoms with Gasteiger partial charge in [0.2, 0.25) is 11.9 Å². The van der Waals surface area contributed by atoms with Crippen molar-refractivity contribution in [3.63, 3.8) is 0 Å². The zero-order chi connectivity index (χ0) is 26.8. The molecule has 0 fully saturated rings. The van der Waals surface area contributed by atoms with Crippen molar-refractivity contribution in [2.45, 2.75) is 0 Å². The minimum atomic E-state index is -0.625. The van der Waals surface area contributed by atoms with E-state index in [1.165, 1.54) is 44.8 Å². The number of ether oxygens (including phenoxy) is 2. The number of hydrogen-bond acceptors (Lipinski definition) is 7. The molecule has 0 aliphatic carbocycles. The number of benzene rings is 2. The lowest BCUT2D eigenvalue weighted by molar-refractivity contribution is 0.0958. The summed E-state index contributed by atoms with van der Waals surface area (Å²) in [7, 11) is 4.71. The Morgan fingerprint density at radius 1 is 1.00 bits per heavy atom. The first-order valence-corrected chi connectivity index (χ1v) is 11.4. The summed E-state index contributed by atoms with van der Waals surface area (Å²) in [6.07, 6.45) is 2.82. The minimum absolute atomic E-state index is 0. The van der Waals surface area contributed by atoms with Crippen LogP contribution in [0.3, 0.4) is 0 Å². The van der Waals surface area contributed by atoms with Crippen molar-refractivity contribution in [2.75, 3.05) is 19.5 Å². The summed E-state index contributed by atoms with van der Waals surface area (Å²) in [5.41, 5.74) is 3.00. The Hall–Kier alpha value is -5.06. The number of imidazole rings is 1. The van der Waals surface area contributed by atoms with E-state index in [4.69, 9.17) is 9.47 Å². The zero-order valence-corrected chi connectivity index (χ0v) is 20.6. The van der Waals surface area contributed by atoms with Crippen LogP contribution in [0.25, 0.3) is 22.2 Å². The molecule has 3 aromatic heterocycles. The molecule has 2 N–H and O–H groups in total. The van der Waals surface area contributed by atoms with Gasteiger partial charge in [0, 0.05) is 47.0 Å². The summed E-state index contributed by atoms with van der Waals surface area (Å²) in [6.45, 7) is 0. The van der Waals surface area contributed by atoms with Crippen molar-refractivity contribution in [1.29, 1.82) is 0 Å². The quantitative estimate of drug-likeness (QED) is 0.265. The number of halogens is 2. The Kier molecular flexibility index (Phi) is 6.56. The molecule has 1 amide bonds. The molecule has 0 bridgehead atoms. The lowest BCUT2D eigenvalue weighted by atomic mass is 10.1. The van der Waals surface area contributed by atoms with Gasteiger partial charge < -0.3 is 24.7 Å². The third-order valence-corrected chi connectivity index (χ3v) is 5.83. The van der Waals surface area contributed by atoms with Crippen LogP contribution in [0.5, 0.6) is 17.2 Å². The van der Waals surface area contributed by atoms with E-state index in [9.17, 15) is 13.6 Å². The third-order valence-electron chi connectivity index (χ3n) is 5.83. The fourth-order valence-electron chi connectivity index (χ4n) is 3.95. The first kappa shape index (κ1) is 24.6. The molecule has 5 rings (SSSR count). The van der Waals surface area contributed by atoms with Gasteiger partial charge in [0.1, 0.15) is 17.2 Å². The molecule has 0 radical (unpaired) electrons. The molecule has 5 aromatic rings. The summed E-state index contributed by atoms with van der Waals surface area (Å²) in [6, 6.07) is 14.2.